The highest BCUT2D eigenvalue weighted by atomic mass is 16.5. The number of aliphatic hydroxyl groups is 1. The molecule has 1 atom stereocenters. The second kappa shape index (κ2) is 8.14. The van der Waals surface area contributed by atoms with Crippen LogP contribution in [0.3, 0.4) is 0 Å². The molecule has 0 radical (unpaired) electrons. The molecular formula is C9H21NO4. The average Bonchev–Trinajstić information content (AvgIpc) is 2.16. The van der Waals surface area contributed by atoms with Crippen molar-refractivity contribution >= 4 is 0 Å². The first-order valence-corrected chi connectivity index (χ1v) is 4.69. The van der Waals surface area contributed by atoms with Crippen molar-refractivity contribution in [1.29, 1.82) is 0 Å². The zero-order chi connectivity index (χ0) is 10.9. The molecule has 0 amide bonds. The molecule has 0 aliphatic rings. The topological polar surface area (TPSA) is 73.9 Å². The highest BCUT2D eigenvalue weighted by Gasteiger charge is 2.17. The lowest BCUT2D eigenvalue weighted by atomic mass is 10.1. The van der Waals surface area contributed by atoms with Crippen LogP contribution in [-0.4, -0.2) is 57.4 Å². The Kier molecular flexibility index (Phi) is 8.02. The van der Waals surface area contributed by atoms with E-state index in [2.05, 4.69) is 0 Å². The third-order valence-electron chi connectivity index (χ3n) is 1.66. The summed E-state index contributed by atoms with van der Waals surface area (Å²) in [4.78, 5) is 0. The molecule has 0 aromatic heterocycles. The van der Waals surface area contributed by atoms with E-state index in [0.717, 1.165) is 0 Å². The van der Waals surface area contributed by atoms with E-state index in [1.54, 1.807) is 14.0 Å². The van der Waals surface area contributed by atoms with E-state index in [9.17, 15) is 5.11 Å². The second-order valence-corrected chi connectivity index (χ2v) is 3.36. The first-order chi connectivity index (χ1) is 6.62. The van der Waals surface area contributed by atoms with Gasteiger partial charge in [0, 0.05) is 13.7 Å². The molecule has 0 fully saturated rings. The summed E-state index contributed by atoms with van der Waals surface area (Å²) in [5, 5.41) is 9.45. The molecule has 0 heterocycles. The normalized spacial score (nSPS) is 15.4. The molecule has 0 aliphatic heterocycles. The average molecular weight is 207 g/mol. The third kappa shape index (κ3) is 8.40. The van der Waals surface area contributed by atoms with Crippen molar-refractivity contribution < 1.29 is 19.3 Å². The standard InChI is InChI=1S/C9H21NO4/c1-9(11,7-10)8-14-6-5-13-4-3-12-2/h11H,3-8,10H2,1-2H3. The summed E-state index contributed by atoms with van der Waals surface area (Å²) >= 11 is 0. The quantitative estimate of drug-likeness (QED) is 0.493. The van der Waals surface area contributed by atoms with Gasteiger partial charge in [0.1, 0.15) is 0 Å². The van der Waals surface area contributed by atoms with E-state index >= 15 is 0 Å². The van der Waals surface area contributed by atoms with Gasteiger partial charge in [-0.3, -0.25) is 0 Å². The SMILES string of the molecule is COCCOCCOCC(C)(O)CN. The predicted molar refractivity (Wildman–Crippen MR) is 53.2 cm³/mol. The van der Waals surface area contributed by atoms with Crippen LogP contribution in [0.5, 0.6) is 0 Å². The minimum atomic E-state index is -0.938. The van der Waals surface area contributed by atoms with Crippen LogP contribution in [0.4, 0.5) is 0 Å². The summed E-state index contributed by atoms with van der Waals surface area (Å²) in [6, 6.07) is 0. The summed E-state index contributed by atoms with van der Waals surface area (Å²) in [6.07, 6.45) is 0. The highest BCUT2D eigenvalue weighted by Crippen LogP contribution is 1.99. The van der Waals surface area contributed by atoms with Crippen LogP contribution < -0.4 is 5.73 Å². The van der Waals surface area contributed by atoms with Gasteiger partial charge in [0.05, 0.1) is 38.6 Å². The molecule has 86 valence electrons. The van der Waals surface area contributed by atoms with Crippen molar-refractivity contribution in [2.45, 2.75) is 12.5 Å². The molecule has 14 heavy (non-hydrogen) atoms. The number of ether oxygens (including phenoxy) is 3. The third-order valence-corrected chi connectivity index (χ3v) is 1.66. The van der Waals surface area contributed by atoms with Crippen molar-refractivity contribution in [3.05, 3.63) is 0 Å². The Balaban J connectivity index is 3.13. The number of nitrogens with two attached hydrogens (primary N) is 1. The smallest absolute Gasteiger partial charge is 0.0973 e. The van der Waals surface area contributed by atoms with Gasteiger partial charge < -0.3 is 25.1 Å². The van der Waals surface area contributed by atoms with E-state index in [-0.39, 0.29) is 13.2 Å². The molecule has 0 saturated carbocycles. The molecule has 0 spiro atoms. The Bertz CT molecular complexity index is 130. The molecule has 0 rings (SSSR count). The van der Waals surface area contributed by atoms with Gasteiger partial charge in [0.15, 0.2) is 0 Å². The van der Waals surface area contributed by atoms with E-state index in [1.807, 2.05) is 0 Å². The fraction of sp³-hybridized carbons (Fsp3) is 1.00. The minimum absolute atomic E-state index is 0.192. The Morgan fingerprint density at radius 3 is 2.29 bits per heavy atom. The highest BCUT2D eigenvalue weighted by molar-refractivity contribution is 4.71. The fourth-order valence-electron chi connectivity index (χ4n) is 0.713. The number of hydrogen-bond acceptors (Lipinski definition) is 5. The van der Waals surface area contributed by atoms with Crippen LogP contribution in [-0.2, 0) is 14.2 Å². The summed E-state index contributed by atoms with van der Waals surface area (Å²) in [5.41, 5.74) is 4.37. The second-order valence-electron chi connectivity index (χ2n) is 3.36. The van der Waals surface area contributed by atoms with Crippen LogP contribution in [0.1, 0.15) is 6.92 Å². The zero-order valence-corrected chi connectivity index (χ0v) is 8.99. The van der Waals surface area contributed by atoms with Gasteiger partial charge in [-0.1, -0.05) is 0 Å². The van der Waals surface area contributed by atoms with Gasteiger partial charge in [-0.2, -0.15) is 0 Å². The van der Waals surface area contributed by atoms with Crippen LogP contribution in [0.2, 0.25) is 0 Å². The lowest BCUT2D eigenvalue weighted by Crippen LogP contribution is -2.39. The number of rotatable bonds is 9. The zero-order valence-electron chi connectivity index (χ0n) is 8.99. The molecule has 3 N–H and O–H groups in total. The summed E-state index contributed by atoms with van der Waals surface area (Å²) < 4.78 is 15.1. The van der Waals surface area contributed by atoms with Crippen molar-refractivity contribution in [2.24, 2.45) is 5.73 Å². The maximum Gasteiger partial charge on any atom is 0.0973 e. The van der Waals surface area contributed by atoms with Crippen LogP contribution >= 0.6 is 0 Å². The molecule has 0 aromatic rings. The Morgan fingerprint density at radius 2 is 1.71 bits per heavy atom. The van der Waals surface area contributed by atoms with Gasteiger partial charge >= 0.3 is 0 Å². The molecule has 0 saturated heterocycles. The first-order valence-electron chi connectivity index (χ1n) is 4.69. The Labute approximate surface area is 85.1 Å². The lowest BCUT2D eigenvalue weighted by Gasteiger charge is -2.20. The van der Waals surface area contributed by atoms with Gasteiger partial charge in [-0.15, -0.1) is 0 Å². The Hall–Kier alpha value is -0.200. The molecular weight excluding hydrogens is 186 g/mol. The van der Waals surface area contributed by atoms with E-state index in [4.69, 9.17) is 19.9 Å². The number of hydrogen-bond donors (Lipinski definition) is 2. The Morgan fingerprint density at radius 1 is 1.14 bits per heavy atom. The van der Waals surface area contributed by atoms with Crippen molar-refractivity contribution in [3.63, 3.8) is 0 Å². The molecule has 5 nitrogen and oxygen atoms in total. The first kappa shape index (κ1) is 13.8. The van der Waals surface area contributed by atoms with E-state index in [1.165, 1.54) is 0 Å². The minimum Gasteiger partial charge on any atom is -0.386 e. The number of methoxy groups -OCH3 is 1. The maximum absolute atomic E-state index is 9.45. The van der Waals surface area contributed by atoms with Gasteiger partial charge in [0.25, 0.3) is 0 Å². The molecule has 1 unspecified atom stereocenters. The molecule has 5 heteroatoms. The van der Waals surface area contributed by atoms with Crippen molar-refractivity contribution in [2.75, 3.05) is 46.7 Å². The summed E-state index contributed by atoms with van der Waals surface area (Å²) in [6.45, 7) is 4.17. The summed E-state index contributed by atoms with van der Waals surface area (Å²) in [5.74, 6) is 0. The van der Waals surface area contributed by atoms with Gasteiger partial charge in [0.2, 0.25) is 0 Å². The van der Waals surface area contributed by atoms with Crippen molar-refractivity contribution in [3.8, 4) is 0 Å². The van der Waals surface area contributed by atoms with E-state index in [0.29, 0.717) is 26.4 Å². The summed E-state index contributed by atoms with van der Waals surface area (Å²) in [7, 11) is 1.62. The largest absolute Gasteiger partial charge is 0.386 e. The predicted octanol–water partition coefficient (Wildman–Crippen LogP) is -0.624. The monoisotopic (exact) mass is 207 g/mol. The van der Waals surface area contributed by atoms with E-state index < -0.39 is 5.60 Å². The fourth-order valence-corrected chi connectivity index (χ4v) is 0.713. The van der Waals surface area contributed by atoms with Gasteiger partial charge in [-0.25, -0.2) is 0 Å². The maximum atomic E-state index is 9.45. The van der Waals surface area contributed by atoms with Gasteiger partial charge in [-0.05, 0) is 6.92 Å². The molecule has 0 aromatic carbocycles. The van der Waals surface area contributed by atoms with Crippen LogP contribution in [0, 0.1) is 0 Å². The lowest BCUT2D eigenvalue weighted by molar-refractivity contribution is -0.0453. The van der Waals surface area contributed by atoms with Crippen molar-refractivity contribution in [1.82, 2.24) is 0 Å². The molecule has 0 bridgehead atoms. The molecule has 0 aliphatic carbocycles. The van der Waals surface area contributed by atoms with Crippen LogP contribution in [0.15, 0.2) is 0 Å². The van der Waals surface area contributed by atoms with Crippen LogP contribution in [0.25, 0.3) is 0 Å².